The molecule has 0 fully saturated rings. The van der Waals surface area contributed by atoms with Crippen LogP contribution in [0.4, 0.5) is 5.13 Å². The quantitative estimate of drug-likeness (QED) is 0.687. The monoisotopic (exact) mass is 359 g/mol. The Labute approximate surface area is 148 Å². The summed E-state index contributed by atoms with van der Waals surface area (Å²) >= 11 is 1.37. The van der Waals surface area contributed by atoms with Crippen molar-refractivity contribution in [3.05, 3.63) is 40.7 Å². The Balaban J connectivity index is 1.58. The standard InChI is InChI=1S/C15H17N7O2S/c1-3-13-18-19-15(25-13)16-14(23)10-5-7-11(8-6-10)24-9-12-17-20-21-22(12)4-2/h5-8H,3-4,9H2,1-2H3,(H,16,19,23). The molecule has 1 N–H and O–H groups in total. The van der Waals surface area contributed by atoms with E-state index in [1.165, 1.54) is 11.3 Å². The second kappa shape index (κ2) is 7.79. The highest BCUT2D eigenvalue weighted by Crippen LogP contribution is 2.18. The molecule has 1 amide bonds. The smallest absolute Gasteiger partial charge is 0.257 e. The number of hydrogen-bond donors (Lipinski definition) is 1. The number of tetrazole rings is 1. The fraction of sp³-hybridized carbons (Fsp3) is 0.333. The van der Waals surface area contributed by atoms with Gasteiger partial charge in [0.1, 0.15) is 17.4 Å². The van der Waals surface area contributed by atoms with E-state index in [0.29, 0.717) is 28.8 Å². The first kappa shape index (κ1) is 17.0. The maximum atomic E-state index is 12.2. The topological polar surface area (TPSA) is 108 Å². The molecule has 2 heterocycles. The highest BCUT2D eigenvalue weighted by atomic mass is 32.1. The minimum Gasteiger partial charge on any atom is -0.486 e. The molecule has 1 aromatic carbocycles. The fourth-order valence-corrected chi connectivity index (χ4v) is 2.71. The van der Waals surface area contributed by atoms with Crippen molar-refractivity contribution in [2.45, 2.75) is 33.4 Å². The van der Waals surface area contributed by atoms with Crippen LogP contribution in [-0.2, 0) is 19.6 Å². The molecule has 0 atom stereocenters. The van der Waals surface area contributed by atoms with Crippen molar-refractivity contribution in [2.24, 2.45) is 0 Å². The van der Waals surface area contributed by atoms with Crippen molar-refractivity contribution in [3.8, 4) is 5.75 Å². The lowest BCUT2D eigenvalue weighted by Crippen LogP contribution is -2.11. The summed E-state index contributed by atoms with van der Waals surface area (Å²) in [6.07, 6.45) is 0.793. The van der Waals surface area contributed by atoms with Crippen molar-refractivity contribution in [2.75, 3.05) is 5.32 Å². The molecule has 9 nitrogen and oxygen atoms in total. The van der Waals surface area contributed by atoms with Gasteiger partial charge in [-0.25, -0.2) is 4.68 Å². The molecule has 3 aromatic rings. The number of aromatic nitrogens is 6. The third kappa shape index (κ3) is 4.15. The molecular weight excluding hydrogens is 342 g/mol. The van der Waals surface area contributed by atoms with Gasteiger partial charge in [-0.15, -0.1) is 15.3 Å². The van der Waals surface area contributed by atoms with E-state index in [1.807, 2.05) is 13.8 Å². The number of ether oxygens (including phenoxy) is 1. The lowest BCUT2D eigenvalue weighted by atomic mass is 10.2. The normalized spacial score (nSPS) is 10.6. The van der Waals surface area contributed by atoms with Crippen molar-refractivity contribution >= 4 is 22.4 Å². The minimum absolute atomic E-state index is 0.236. The Morgan fingerprint density at radius 1 is 1.20 bits per heavy atom. The minimum atomic E-state index is -0.236. The zero-order valence-corrected chi connectivity index (χ0v) is 14.7. The third-order valence-corrected chi connectivity index (χ3v) is 4.36. The van der Waals surface area contributed by atoms with Gasteiger partial charge in [0.2, 0.25) is 5.13 Å². The average molecular weight is 359 g/mol. The summed E-state index contributed by atoms with van der Waals surface area (Å²) in [5.41, 5.74) is 0.513. The predicted octanol–water partition coefficient (Wildman–Crippen LogP) is 1.94. The first-order valence-corrected chi connectivity index (χ1v) is 8.63. The second-order valence-corrected chi connectivity index (χ2v) is 6.09. The Morgan fingerprint density at radius 3 is 2.68 bits per heavy atom. The number of anilines is 1. The number of nitrogens with one attached hydrogen (secondary N) is 1. The Hall–Kier alpha value is -2.88. The first-order chi connectivity index (χ1) is 12.2. The number of carbonyl (C=O) groups is 1. The third-order valence-electron chi connectivity index (χ3n) is 3.38. The summed E-state index contributed by atoms with van der Waals surface area (Å²) in [6.45, 7) is 4.88. The van der Waals surface area contributed by atoms with Crippen LogP contribution in [0.2, 0.25) is 0 Å². The number of carbonyl (C=O) groups excluding carboxylic acids is 1. The van der Waals surface area contributed by atoms with E-state index in [9.17, 15) is 4.79 Å². The SMILES string of the molecule is CCc1nnc(NC(=O)c2ccc(OCc3nnnn3CC)cc2)s1. The molecule has 0 radical (unpaired) electrons. The molecule has 0 aliphatic heterocycles. The Bertz CT molecular complexity index is 844. The molecule has 25 heavy (non-hydrogen) atoms. The van der Waals surface area contributed by atoms with Gasteiger partial charge < -0.3 is 4.74 Å². The number of amides is 1. The molecule has 0 aliphatic rings. The van der Waals surface area contributed by atoms with Crippen LogP contribution in [0.25, 0.3) is 0 Å². The summed E-state index contributed by atoms with van der Waals surface area (Å²) in [5.74, 6) is 1.04. The van der Waals surface area contributed by atoms with Gasteiger partial charge in [-0.2, -0.15) is 0 Å². The van der Waals surface area contributed by atoms with Crippen molar-refractivity contribution < 1.29 is 9.53 Å². The van der Waals surface area contributed by atoms with E-state index in [-0.39, 0.29) is 12.5 Å². The maximum absolute atomic E-state index is 12.2. The van der Waals surface area contributed by atoms with Gasteiger partial charge in [0.15, 0.2) is 5.82 Å². The zero-order valence-electron chi connectivity index (χ0n) is 13.8. The van der Waals surface area contributed by atoms with Crippen LogP contribution in [-0.4, -0.2) is 36.3 Å². The van der Waals surface area contributed by atoms with Gasteiger partial charge in [0.05, 0.1) is 0 Å². The lowest BCUT2D eigenvalue weighted by Gasteiger charge is -2.07. The van der Waals surface area contributed by atoms with E-state index in [4.69, 9.17) is 4.74 Å². The van der Waals surface area contributed by atoms with Crippen LogP contribution in [0.5, 0.6) is 5.75 Å². The molecule has 130 valence electrons. The molecule has 3 rings (SSSR count). The summed E-state index contributed by atoms with van der Waals surface area (Å²) < 4.78 is 7.31. The van der Waals surface area contributed by atoms with Gasteiger partial charge >= 0.3 is 0 Å². The van der Waals surface area contributed by atoms with Crippen LogP contribution in [0.15, 0.2) is 24.3 Å². The fourth-order valence-electron chi connectivity index (χ4n) is 2.04. The average Bonchev–Trinajstić information content (AvgIpc) is 3.29. The van der Waals surface area contributed by atoms with Crippen LogP contribution in [0.3, 0.4) is 0 Å². The van der Waals surface area contributed by atoms with Gasteiger partial charge in [0.25, 0.3) is 5.91 Å². The number of aryl methyl sites for hydroxylation is 2. The van der Waals surface area contributed by atoms with E-state index in [2.05, 4.69) is 31.0 Å². The number of nitrogens with zero attached hydrogens (tertiary/aromatic N) is 6. The molecular formula is C15H17N7O2S. The summed E-state index contributed by atoms with van der Waals surface area (Å²) in [5, 5.41) is 23.4. The molecule has 0 bridgehead atoms. The van der Waals surface area contributed by atoms with Gasteiger partial charge in [-0.1, -0.05) is 18.3 Å². The van der Waals surface area contributed by atoms with Crippen molar-refractivity contribution in [1.82, 2.24) is 30.4 Å². The first-order valence-electron chi connectivity index (χ1n) is 7.81. The molecule has 0 spiro atoms. The van der Waals surface area contributed by atoms with Crippen LogP contribution < -0.4 is 10.1 Å². The Morgan fingerprint density at radius 2 is 2.00 bits per heavy atom. The molecule has 0 aliphatic carbocycles. The molecule has 0 unspecified atom stereocenters. The molecule has 10 heteroatoms. The van der Waals surface area contributed by atoms with E-state index in [0.717, 1.165) is 11.4 Å². The number of rotatable bonds is 7. The lowest BCUT2D eigenvalue weighted by molar-refractivity contribution is 0.102. The second-order valence-electron chi connectivity index (χ2n) is 5.03. The zero-order chi connectivity index (χ0) is 17.6. The van der Waals surface area contributed by atoms with Crippen LogP contribution in [0.1, 0.15) is 35.0 Å². The van der Waals surface area contributed by atoms with Crippen LogP contribution >= 0.6 is 11.3 Å². The number of hydrogen-bond acceptors (Lipinski definition) is 8. The summed E-state index contributed by atoms with van der Waals surface area (Å²) in [7, 11) is 0. The summed E-state index contributed by atoms with van der Waals surface area (Å²) in [6, 6.07) is 6.84. The predicted molar refractivity (Wildman–Crippen MR) is 91.5 cm³/mol. The molecule has 2 aromatic heterocycles. The summed E-state index contributed by atoms with van der Waals surface area (Å²) in [4.78, 5) is 12.2. The van der Waals surface area contributed by atoms with Crippen LogP contribution in [0, 0.1) is 0 Å². The van der Waals surface area contributed by atoms with Gasteiger partial charge in [-0.05, 0) is 48.0 Å². The van der Waals surface area contributed by atoms with Gasteiger partial charge in [-0.3, -0.25) is 10.1 Å². The largest absolute Gasteiger partial charge is 0.486 e. The van der Waals surface area contributed by atoms with E-state index < -0.39 is 0 Å². The van der Waals surface area contributed by atoms with E-state index in [1.54, 1.807) is 28.9 Å². The highest BCUT2D eigenvalue weighted by molar-refractivity contribution is 7.15. The Kier molecular flexibility index (Phi) is 5.29. The van der Waals surface area contributed by atoms with Crippen molar-refractivity contribution in [1.29, 1.82) is 0 Å². The molecule has 0 saturated heterocycles. The van der Waals surface area contributed by atoms with Crippen molar-refractivity contribution in [3.63, 3.8) is 0 Å². The number of benzene rings is 1. The van der Waals surface area contributed by atoms with E-state index >= 15 is 0 Å². The maximum Gasteiger partial charge on any atom is 0.257 e. The highest BCUT2D eigenvalue weighted by Gasteiger charge is 2.10. The van der Waals surface area contributed by atoms with Gasteiger partial charge in [0, 0.05) is 12.1 Å². The molecule has 0 saturated carbocycles.